The average molecular weight is 447 g/mol. The van der Waals surface area contributed by atoms with Gasteiger partial charge in [0, 0.05) is 24.7 Å². The summed E-state index contributed by atoms with van der Waals surface area (Å²) in [6, 6.07) is 11.4. The maximum Gasteiger partial charge on any atom is 0.180 e. The molecule has 2 aromatic rings. The molecule has 0 saturated carbocycles. The van der Waals surface area contributed by atoms with Crippen molar-refractivity contribution >= 4 is 35.6 Å². The van der Waals surface area contributed by atoms with Crippen molar-refractivity contribution in [2.45, 2.75) is 39.0 Å². The zero-order valence-corrected chi connectivity index (χ0v) is 18.2. The normalized spacial score (nSPS) is 15.9. The first kappa shape index (κ1) is 23.1. The summed E-state index contributed by atoms with van der Waals surface area (Å²) in [5.41, 5.74) is 2.07. The molecule has 1 fully saturated rings. The quantitative estimate of drug-likeness (QED) is 0.539. The van der Waals surface area contributed by atoms with E-state index in [9.17, 15) is 0 Å². The molecule has 0 aromatic heterocycles. The smallest absolute Gasteiger partial charge is 0.180 e. The molecule has 0 spiro atoms. The van der Waals surface area contributed by atoms with Crippen LogP contribution in [-0.2, 0) is 17.9 Å². The lowest BCUT2D eigenvalue weighted by atomic mass is 10.2. The molecule has 4 nitrogen and oxygen atoms in total. The van der Waals surface area contributed by atoms with Gasteiger partial charge in [0.25, 0.3) is 0 Å². The maximum absolute atomic E-state index is 6.49. The molecule has 2 aromatic carbocycles. The predicted octanol–water partition coefficient (Wildman–Crippen LogP) is 5.66. The number of hydrogen-bond acceptors (Lipinski definition) is 4. The molecule has 0 bridgehead atoms. The van der Waals surface area contributed by atoms with E-state index in [-0.39, 0.29) is 12.4 Å². The van der Waals surface area contributed by atoms with Crippen LogP contribution < -0.4 is 14.8 Å². The van der Waals surface area contributed by atoms with Crippen molar-refractivity contribution in [2.24, 2.45) is 0 Å². The lowest BCUT2D eigenvalue weighted by Crippen LogP contribution is -2.25. The number of hydrogen-bond donors (Lipinski definition) is 1. The van der Waals surface area contributed by atoms with Gasteiger partial charge in [0.2, 0.25) is 0 Å². The van der Waals surface area contributed by atoms with Crippen molar-refractivity contribution in [2.75, 3.05) is 19.8 Å². The van der Waals surface area contributed by atoms with E-state index in [1.165, 1.54) is 0 Å². The van der Waals surface area contributed by atoms with Crippen molar-refractivity contribution in [1.82, 2.24) is 5.32 Å². The Morgan fingerprint density at radius 2 is 1.89 bits per heavy atom. The standard InChI is InChI=1S/C21H25Cl2NO3.ClH/c1-2-25-20-11-16(12-24-13-18-4-3-9-26-18)10-19(23)21(20)27-14-15-5-7-17(22)8-6-15;/h5-8,10-11,18,24H,2-4,9,12-14H2,1H3;1H. The SMILES string of the molecule is CCOc1cc(CNCC2CCCO2)cc(Cl)c1OCc1ccc(Cl)cc1.Cl. The van der Waals surface area contributed by atoms with Crippen LogP contribution in [0.4, 0.5) is 0 Å². The zero-order chi connectivity index (χ0) is 19.1. The van der Waals surface area contributed by atoms with Gasteiger partial charge in [0.05, 0.1) is 17.7 Å². The van der Waals surface area contributed by atoms with E-state index in [2.05, 4.69) is 5.32 Å². The number of halogens is 3. The number of ether oxygens (including phenoxy) is 3. The van der Waals surface area contributed by atoms with Gasteiger partial charge in [-0.3, -0.25) is 0 Å². The lowest BCUT2D eigenvalue weighted by molar-refractivity contribution is 0.110. The van der Waals surface area contributed by atoms with Crippen LogP contribution in [0, 0.1) is 0 Å². The summed E-state index contributed by atoms with van der Waals surface area (Å²) in [5.74, 6) is 1.23. The second-order valence-electron chi connectivity index (χ2n) is 6.52. The molecular weight excluding hydrogens is 421 g/mol. The first-order valence-electron chi connectivity index (χ1n) is 9.30. The highest BCUT2D eigenvalue weighted by Gasteiger charge is 2.16. The van der Waals surface area contributed by atoms with Gasteiger partial charge < -0.3 is 19.5 Å². The van der Waals surface area contributed by atoms with Gasteiger partial charge in [-0.25, -0.2) is 0 Å². The summed E-state index contributed by atoms with van der Waals surface area (Å²) >= 11 is 12.4. The molecule has 1 aliphatic heterocycles. The fourth-order valence-electron chi connectivity index (χ4n) is 3.05. The minimum Gasteiger partial charge on any atom is -0.490 e. The molecule has 1 saturated heterocycles. The third kappa shape index (κ3) is 6.71. The summed E-state index contributed by atoms with van der Waals surface area (Å²) in [4.78, 5) is 0. The Balaban J connectivity index is 0.00000280. The number of benzene rings is 2. The minimum absolute atomic E-state index is 0. The van der Waals surface area contributed by atoms with Crippen LogP contribution in [0.2, 0.25) is 10.0 Å². The highest BCUT2D eigenvalue weighted by atomic mass is 35.5. The van der Waals surface area contributed by atoms with Crippen LogP contribution >= 0.6 is 35.6 Å². The van der Waals surface area contributed by atoms with Crippen LogP contribution in [0.25, 0.3) is 0 Å². The Labute approximate surface area is 182 Å². The van der Waals surface area contributed by atoms with E-state index in [4.69, 9.17) is 37.4 Å². The summed E-state index contributed by atoms with van der Waals surface area (Å²) < 4.78 is 17.3. The molecule has 28 heavy (non-hydrogen) atoms. The first-order valence-corrected chi connectivity index (χ1v) is 10.1. The van der Waals surface area contributed by atoms with Crippen LogP contribution in [0.15, 0.2) is 36.4 Å². The van der Waals surface area contributed by atoms with E-state index < -0.39 is 0 Å². The first-order chi connectivity index (χ1) is 13.2. The highest BCUT2D eigenvalue weighted by molar-refractivity contribution is 6.32. The highest BCUT2D eigenvalue weighted by Crippen LogP contribution is 2.37. The van der Waals surface area contributed by atoms with Crippen molar-refractivity contribution in [3.63, 3.8) is 0 Å². The molecule has 0 amide bonds. The van der Waals surface area contributed by atoms with Gasteiger partial charge in [0.1, 0.15) is 6.61 Å². The van der Waals surface area contributed by atoms with E-state index in [0.29, 0.717) is 47.4 Å². The average Bonchev–Trinajstić information content (AvgIpc) is 3.16. The van der Waals surface area contributed by atoms with Crippen LogP contribution in [-0.4, -0.2) is 25.9 Å². The second-order valence-corrected chi connectivity index (χ2v) is 7.36. The Bertz CT molecular complexity index is 734. The molecule has 1 atom stereocenters. The molecule has 7 heteroatoms. The number of rotatable bonds is 9. The van der Waals surface area contributed by atoms with Crippen LogP contribution in [0.1, 0.15) is 30.9 Å². The molecule has 1 N–H and O–H groups in total. The molecule has 0 aliphatic carbocycles. The molecule has 0 radical (unpaired) electrons. The van der Waals surface area contributed by atoms with Crippen LogP contribution in [0.3, 0.4) is 0 Å². The van der Waals surface area contributed by atoms with Crippen LogP contribution in [0.5, 0.6) is 11.5 Å². The Morgan fingerprint density at radius 1 is 1.11 bits per heavy atom. The predicted molar refractivity (Wildman–Crippen MR) is 116 cm³/mol. The maximum atomic E-state index is 6.49. The lowest BCUT2D eigenvalue weighted by Gasteiger charge is -2.16. The molecule has 154 valence electrons. The Kier molecular flexibility index (Phi) is 9.69. The van der Waals surface area contributed by atoms with Crippen molar-refractivity contribution < 1.29 is 14.2 Å². The van der Waals surface area contributed by atoms with Gasteiger partial charge in [-0.2, -0.15) is 0 Å². The zero-order valence-electron chi connectivity index (χ0n) is 15.9. The van der Waals surface area contributed by atoms with Crippen molar-refractivity contribution in [1.29, 1.82) is 0 Å². The van der Waals surface area contributed by atoms with Gasteiger partial charge in [0.15, 0.2) is 11.5 Å². The van der Waals surface area contributed by atoms with Gasteiger partial charge >= 0.3 is 0 Å². The summed E-state index contributed by atoms with van der Waals surface area (Å²) in [6.45, 7) is 5.30. The third-order valence-electron chi connectivity index (χ3n) is 4.39. The Hall–Kier alpha value is -1.17. The monoisotopic (exact) mass is 445 g/mol. The summed E-state index contributed by atoms with van der Waals surface area (Å²) in [6.07, 6.45) is 2.58. The van der Waals surface area contributed by atoms with E-state index in [1.807, 2.05) is 43.3 Å². The van der Waals surface area contributed by atoms with E-state index in [1.54, 1.807) is 0 Å². The van der Waals surface area contributed by atoms with Gasteiger partial charge in [-0.15, -0.1) is 12.4 Å². The topological polar surface area (TPSA) is 39.7 Å². The molecule has 1 unspecified atom stereocenters. The fraction of sp³-hybridized carbons (Fsp3) is 0.429. The molecular formula is C21H26Cl3NO3. The van der Waals surface area contributed by atoms with Crippen molar-refractivity contribution in [3.05, 3.63) is 57.6 Å². The van der Waals surface area contributed by atoms with Gasteiger partial charge in [-0.05, 0) is 55.2 Å². The van der Waals surface area contributed by atoms with Gasteiger partial charge in [-0.1, -0.05) is 35.3 Å². The molecule has 3 rings (SSSR count). The number of nitrogens with one attached hydrogen (secondary N) is 1. The minimum atomic E-state index is 0. The summed E-state index contributed by atoms with van der Waals surface area (Å²) in [5, 5.41) is 4.68. The largest absolute Gasteiger partial charge is 0.490 e. The fourth-order valence-corrected chi connectivity index (χ4v) is 3.46. The van der Waals surface area contributed by atoms with E-state index >= 15 is 0 Å². The Morgan fingerprint density at radius 3 is 2.57 bits per heavy atom. The summed E-state index contributed by atoms with van der Waals surface area (Å²) in [7, 11) is 0. The van der Waals surface area contributed by atoms with Crippen molar-refractivity contribution in [3.8, 4) is 11.5 Å². The second kappa shape index (κ2) is 11.7. The third-order valence-corrected chi connectivity index (χ3v) is 4.92. The molecule has 1 aliphatic rings. The molecule has 1 heterocycles. The van der Waals surface area contributed by atoms with E-state index in [0.717, 1.165) is 37.1 Å².